The van der Waals surface area contributed by atoms with Gasteiger partial charge in [-0.1, -0.05) is 38.4 Å². The van der Waals surface area contributed by atoms with Gasteiger partial charge in [0.2, 0.25) is 0 Å². The molecule has 0 heterocycles. The van der Waals surface area contributed by atoms with Crippen molar-refractivity contribution < 1.29 is 0 Å². The van der Waals surface area contributed by atoms with E-state index in [1.807, 2.05) is 6.07 Å². The molecule has 2 rings (SSSR count). The summed E-state index contributed by atoms with van der Waals surface area (Å²) >= 11 is 5.05. The molecule has 1 saturated carbocycles. The average molecular weight is 276 g/mol. The molecule has 3 heteroatoms. The van der Waals surface area contributed by atoms with Crippen molar-refractivity contribution in [3.63, 3.8) is 0 Å². The smallest absolute Gasteiger partial charge is 0.104 e. The molecule has 19 heavy (non-hydrogen) atoms. The third kappa shape index (κ3) is 3.69. The van der Waals surface area contributed by atoms with Gasteiger partial charge in [-0.25, -0.2) is 0 Å². The Labute approximate surface area is 121 Å². The van der Waals surface area contributed by atoms with Crippen molar-refractivity contribution in [1.82, 2.24) is 0 Å². The van der Waals surface area contributed by atoms with Gasteiger partial charge in [0.1, 0.15) is 4.99 Å². The van der Waals surface area contributed by atoms with E-state index in [9.17, 15) is 0 Å². The summed E-state index contributed by atoms with van der Waals surface area (Å²) in [5, 5.41) is 3.69. The molecule has 1 fully saturated rings. The second-order valence-electron chi connectivity index (χ2n) is 5.76. The summed E-state index contributed by atoms with van der Waals surface area (Å²) in [5.74, 6) is 0.748. The van der Waals surface area contributed by atoms with Gasteiger partial charge >= 0.3 is 0 Å². The van der Waals surface area contributed by atoms with Crippen molar-refractivity contribution in [2.75, 3.05) is 5.32 Å². The van der Waals surface area contributed by atoms with E-state index in [4.69, 9.17) is 18.0 Å². The van der Waals surface area contributed by atoms with Gasteiger partial charge in [0.05, 0.1) is 0 Å². The van der Waals surface area contributed by atoms with Gasteiger partial charge in [-0.3, -0.25) is 0 Å². The van der Waals surface area contributed by atoms with Gasteiger partial charge in [-0.05, 0) is 49.4 Å². The van der Waals surface area contributed by atoms with E-state index >= 15 is 0 Å². The van der Waals surface area contributed by atoms with Crippen LogP contribution in [0.2, 0.25) is 0 Å². The Bertz CT molecular complexity index is 456. The second-order valence-corrected chi connectivity index (χ2v) is 6.20. The maximum absolute atomic E-state index is 5.70. The van der Waals surface area contributed by atoms with E-state index in [1.54, 1.807) is 0 Å². The Hall–Kier alpha value is -1.09. The first-order valence-corrected chi connectivity index (χ1v) is 7.65. The van der Waals surface area contributed by atoms with E-state index in [0.717, 1.165) is 17.0 Å². The Morgan fingerprint density at radius 1 is 1.26 bits per heavy atom. The normalized spacial score (nSPS) is 23.7. The molecule has 2 nitrogen and oxygen atoms in total. The number of nitrogens with two attached hydrogens (primary N) is 1. The summed E-state index contributed by atoms with van der Waals surface area (Å²) in [4.78, 5) is 0.479. The topological polar surface area (TPSA) is 38.0 Å². The summed E-state index contributed by atoms with van der Waals surface area (Å²) in [6.07, 6.45) is 6.70. The number of anilines is 1. The molecule has 1 aliphatic carbocycles. The minimum absolute atomic E-state index is 0.479. The van der Waals surface area contributed by atoms with Crippen molar-refractivity contribution >= 4 is 22.9 Å². The van der Waals surface area contributed by atoms with Gasteiger partial charge < -0.3 is 11.1 Å². The third-order valence-electron chi connectivity index (χ3n) is 4.21. The molecular formula is C16H24N2S. The number of benzene rings is 1. The standard InChI is InChI=1S/C16H24N2S/c1-11-6-4-3-5-7-15(11)18-13-8-9-14(16(17)19)12(2)10-13/h8-11,15,18H,3-7H2,1-2H3,(H2,17,19). The molecule has 104 valence electrons. The molecular weight excluding hydrogens is 252 g/mol. The molecule has 0 radical (unpaired) electrons. The number of nitrogens with one attached hydrogen (secondary N) is 1. The van der Waals surface area contributed by atoms with Crippen LogP contribution in [0.3, 0.4) is 0 Å². The molecule has 0 spiro atoms. The molecule has 0 aliphatic heterocycles. The van der Waals surface area contributed by atoms with Crippen LogP contribution in [0.15, 0.2) is 18.2 Å². The monoisotopic (exact) mass is 276 g/mol. The lowest BCUT2D eigenvalue weighted by molar-refractivity contribution is 0.456. The Morgan fingerprint density at radius 3 is 2.68 bits per heavy atom. The van der Waals surface area contributed by atoms with Gasteiger partial charge in [0.15, 0.2) is 0 Å². The van der Waals surface area contributed by atoms with E-state index in [2.05, 4.69) is 31.3 Å². The Morgan fingerprint density at radius 2 is 2.00 bits per heavy atom. The van der Waals surface area contributed by atoms with Crippen LogP contribution >= 0.6 is 12.2 Å². The quantitative estimate of drug-likeness (QED) is 0.647. The summed E-state index contributed by atoms with van der Waals surface area (Å²) in [7, 11) is 0. The van der Waals surface area contributed by atoms with Crippen LogP contribution in [-0.4, -0.2) is 11.0 Å². The summed E-state index contributed by atoms with van der Waals surface area (Å²) in [6.45, 7) is 4.43. The second kappa shape index (κ2) is 6.38. The average Bonchev–Trinajstić information content (AvgIpc) is 2.55. The number of hydrogen-bond donors (Lipinski definition) is 2. The SMILES string of the molecule is Cc1cc(NC2CCCCCC2C)ccc1C(N)=S. The van der Waals surface area contributed by atoms with E-state index in [1.165, 1.54) is 37.8 Å². The first-order valence-electron chi connectivity index (χ1n) is 7.25. The number of rotatable bonds is 3. The highest BCUT2D eigenvalue weighted by Crippen LogP contribution is 2.26. The molecule has 1 aromatic carbocycles. The number of aryl methyl sites for hydroxylation is 1. The predicted molar refractivity (Wildman–Crippen MR) is 86.7 cm³/mol. The predicted octanol–water partition coefficient (Wildman–Crippen LogP) is 4.01. The molecule has 2 atom stereocenters. The van der Waals surface area contributed by atoms with Crippen molar-refractivity contribution in [3.05, 3.63) is 29.3 Å². The molecule has 1 aromatic rings. The fourth-order valence-corrected chi connectivity index (χ4v) is 3.18. The Balaban J connectivity index is 2.10. The third-order valence-corrected chi connectivity index (χ3v) is 4.43. The lowest BCUT2D eigenvalue weighted by atomic mass is 9.96. The van der Waals surface area contributed by atoms with Gasteiger partial charge in [0.25, 0.3) is 0 Å². The van der Waals surface area contributed by atoms with Crippen LogP contribution in [0, 0.1) is 12.8 Å². The highest BCUT2D eigenvalue weighted by molar-refractivity contribution is 7.80. The largest absolute Gasteiger partial charge is 0.389 e. The molecule has 0 amide bonds. The van der Waals surface area contributed by atoms with Crippen molar-refractivity contribution in [3.8, 4) is 0 Å². The van der Waals surface area contributed by atoms with E-state index in [0.29, 0.717) is 11.0 Å². The van der Waals surface area contributed by atoms with E-state index in [-0.39, 0.29) is 0 Å². The highest BCUT2D eigenvalue weighted by Gasteiger charge is 2.19. The van der Waals surface area contributed by atoms with Crippen molar-refractivity contribution in [2.24, 2.45) is 11.7 Å². The zero-order valence-corrected chi connectivity index (χ0v) is 12.7. The van der Waals surface area contributed by atoms with Crippen LogP contribution in [0.5, 0.6) is 0 Å². The fraction of sp³-hybridized carbons (Fsp3) is 0.562. The molecule has 0 aromatic heterocycles. The molecule has 2 unspecified atom stereocenters. The van der Waals surface area contributed by atoms with Crippen molar-refractivity contribution in [1.29, 1.82) is 0 Å². The lowest BCUT2D eigenvalue weighted by Crippen LogP contribution is -2.26. The van der Waals surface area contributed by atoms with E-state index < -0.39 is 0 Å². The van der Waals surface area contributed by atoms with Crippen LogP contribution < -0.4 is 11.1 Å². The van der Waals surface area contributed by atoms with Crippen molar-refractivity contribution in [2.45, 2.75) is 52.0 Å². The van der Waals surface area contributed by atoms with Crippen LogP contribution in [-0.2, 0) is 0 Å². The zero-order chi connectivity index (χ0) is 13.8. The molecule has 3 N–H and O–H groups in total. The minimum atomic E-state index is 0.479. The van der Waals surface area contributed by atoms with Gasteiger partial charge in [-0.2, -0.15) is 0 Å². The first-order chi connectivity index (χ1) is 9.08. The number of hydrogen-bond acceptors (Lipinski definition) is 2. The molecule has 1 aliphatic rings. The maximum atomic E-state index is 5.70. The van der Waals surface area contributed by atoms with Gasteiger partial charge in [0, 0.05) is 17.3 Å². The fourth-order valence-electron chi connectivity index (χ4n) is 2.95. The van der Waals surface area contributed by atoms with Crippen LogP contribution in [0.1, 0.15) is 50.2 Å². The lowest BCUT2D eigenvalue weighted by Gasteiger charge is -2.24. The van der Waals surface area contributed by atoms with Crippen LogP contribution in [0.4, 0.5) is 5.69 Å². The first kappa shape index (κ1) is 14.3. The van der Waals surface area contributed by atoms with Crippen LogP contribution in [0.25, 0.3) is 0 Å². The highest BCUT2D eigenvalue weighted by atomic mass is 32.1. The zero-order valence-electron chi connectivity index (χ0n) is 11.9. The molecule has 0 bridgehead atoms. The summed E-state index contributed by atoms with van der Waals surface area (Å²) in [6, 6.07) is 6.88. The molecule has 0 saturated heterocycles. The number of thiocarbonyl (C=S) groups is 1. The summed E-state index contributed by atoms with van der Waals surface area (Å²) < 4.78 is 0. The van der Waals surface area contributed by atoms with Gasteiger partial charge in [-0.15, -0.1) is 0 Å². The minimum Gasteiger partial charge on any atom is -0.389 e. The maximum Gasteiger partial charge on any atom is 0.104 e. The Kier molecular flexibility index (Phi) is 4.81. The summed E-state index contributed by atoms with van der Waals surface area (Å²) in [5.41, 5.74) is 9.03.